The topological polar surface area (TPSA) is 74.1 Å². The molecule has 5 heteroatoms. The SMILES string of the molecule is CCOc1cccc(/C=N/NCc2ccccc2O)c1O. The highest BCUT2D eigenvalue weighted by molar-refractivity contribution is 5.84. The zero-order valence-corrected chi connectivity index (χ0v) is 11.8. The first kappa shape index (κ1) is 14.7. The summed E-state index contributed by atoms with van der Waals surface area (Å²) in [6.07, 6.45) is 1.51. The number of para-hydroxylation sites is 2. The first-order valence-electron chi connectivity index (χ1n) is 6.70. The Kier molecular flexibility index (Phi) is 5.04. The maximum Gasteiger partial charge on any atom is 0.166 e. The van der Waals surface area contributed by atoms with Gasteiger partial charge in [-0.2, -0.15) is 5.10 Å². The number of hydrazone groups is 1. The average molecular weight is 286 g/mol. The minimum atomic E-state index is 0.0625. The second-order valence-corrected chi connectivity index (χ2v) is 4.35. The van der Waals surface area contributed by atoms with Crippen molar-refractivity contribution in [3.63, 3.8) is 0 Å². The van der Waals surface area contributed by atoms with E-state index in [0.717, 1.165) is 5.56 Å². The zero-order chi connectivity index (χ0) is 15.1. The average Bonchev–Trinajstić information content (AvgIpc) is 2.49. The van der Waals surface area contributed by atoms with E-state index in [1.165, 1.54) is 6.21 Å². The van der Waals surface area contributed by atoms with Crippen molar-refractivity contribution in [1.29, 1.82) is 0 Å². The maximum absolute atomic E-state index is 10.00. The molecule has 0 radical (unpaired) electrons. The van der Waals surface area contributed by atoms with E-state index in [4.69, 9.17) is 4.74 Å². The van der Waals surface area contributed by atoms with Gasteiger partial charge in [-0.05, 0) is 25.1 Å². The lowest BCUT2D eigenvalue weighted by molar-refractivity contribution is 0.318. The molecule has 0 aromatic heterocycles. The van der Waals surface area contributed by atoms with Gasteiger partial charge in [-0.15, -0.1) is 0 Å². The first-order valence-corrected chi connectivity index (χ1v) is 6.70. The minimum absolute atomic E-state index is 0.0625. The third-order valence-electron chi connectivity index (χ3n) is 2.89. The summed E-state index contributed by atoms with van der Waals surface area (Å²) in [7, 11) is 0. The van der Waals surface area contributed by atoms with E-state index >= 15 is 0 Å². The second kappa shape index (κ2) is 7.19. The predicted octanol–water partition coefficient (Wildman–Crippen LogP) is 2.62. The van der Waals surface area contributed by atoms with Gasteiger partial charge in [0.2, 0.25) is 0 Å². The molecule has 21 heavy (non-hydrogen) atoms. The summed E-state index contributed by atoms with van der Waals surface area (Å²) in [4.78, 5) is 0. The summed E-state index contributed by atoms with van der Waals surface area (Å²) >= 11 is 0. The number of phenolic OH excluding ortho intramolecular Hbond substituents is 2. The fraction of sp³-hybridized carbons (Fsp3) is 0.188. The second-order valence-electron chi connectivity index (χ2n) is 4.35. The number of phenols is 2. The Morgan fingerprint density at radius 1 is 1.14 bits per heavy atom. The molecule has 5 nitrogen and oxygen atoms in total. The van der Waals surface area contributed by atoms with Gasteiger partial charge in [0.05, 0.1) is 19.4 Å². The molecule has 2 aromatic rings. The number of hydrogen-bond donors (Lipinski definition) is 3. The summed E-state index contributed by atoms with van der Waals surface area (Å²) in [5.41, 5.74) is 4.14. The van der Waals surface area contributed by atoms with Crippen LogP contribution in [0, 0.1) is 0 Å². The molecule has 110 valence electrons. The normalized spacial score (nSPS) is 10.7. The Morgan fingerprint density at radius 3 is 2.71 bits per heavy atom. The van der Waals surface area contributed by atoms with Crippen molar-refractivity contribution in [3.8, 4) is 17.2 Å². The standard InChI is InChI=1S/C16H18N2O3/c1-2-21-15-9-5-7-13(16(15)20)11-18-17-10-12-6-3-4-8-14(12)19/h3-9,11,17,19-20H,2,10H2,1H3/b18-11+. The van der Waals surface area contributed by atoms with Gasteiger partial charge >= 0.3 is 0 Å². The van der Waals surface area contributed by atoms with Crippen molar-refractivity contribution in [1.82, 2.24) is 5.43 Å². The lowest BCUT2D eigenvalue weighted by atomic mass is 10.2. The van der Waals surface area contributed by atoms with Crippen LogP contribution in [0.2, 0.25) is 0 Å². The van der Waals surface area contributed by atoms with E-state index in [0.29, 0.717) is 24.5 Å². The highest BCUT2D eigenvalue weighted by atomic mass is 16.5. The van der Waals surface area contributed by atoms with Gasteiger partial charge in [0, 0.05) is 11.1 Å². The number of nitrogens with one attached hydrogen (secondary N) is 1. The van der Waals surface area contributed by atoms with Gasteiger partial charge < -0.3 is 20.4 Å². The Hall–Kier alpha value is -2.69. The van der Waals surface area contributed by atoms with Crippen LogP contribution >= 0.6 is 0 Å². The van der Waals surface area contributed by atoms with Gasteiger partial charge in [0.1, 0.15) is 5.75 Å². The molecule has 0 fully saturated rings. The molecule has 0 aliphatic carbocycles. The number of ether oxygens (including phenoxy) is 1. The molecule has 2 rings (SSSR count). The van der Waals surface area contributed by atoms with E-state index < -0.39 is 0 Å². The Labute approximate surface area is 123 Å². The van der Waals surface area contributed by atoms with Crippen LogP contribution in [0.15, 0.2) is 47.6 Å². The Morgan fingerprint density at radius 2 is 1.95 bits per heavy atom. The van der Waals surface area contributed by atoms with Crippen molar-refractivity contribution >= 4 is 6.21 Å². The third-order valence-corrected chi connectivity index (χ3v) is 2.89. The summed E-state index contributed by atoms with van der Waals surface area (Å²) in [5.74, 6) is 0.719. The molecule has 0 saturated heterocycles. The fourth-order valence-electron chi connectivity index (χ4n) is 1.82. The molecule has 2 aromatic carbocycles. The predicted molar refractivity (Wildman–Crippen MR) is 81.8 cm³/mol. The molecule has 0 aliphatic rings. The van der Waals surface area contributed by atoms with Gasteiger partial charge in [0.15, 0.2) is 11.5 Å². The van der Waals surface area contributed by atoms with Gasteiger partial charge in [0.25, 0.3) is 0 Å². The monoisotopic (exact) mass is 286 g/mol. The van der Waals surface area contributed by atoms with E-state index in [1.807, 2.05) is 19.1 Å². The van der Waals surface area contributed by atoms with Crippen LogP contribution < -0.4 is 10.2 Å². The lowest BCUT2D eigenvalue weighted by Crippen LogP contribution is -2.05. The number of hydrogen-bond acceptors (Lipinski definition) is 5. The van der Waals surface area contributed by atoms with Crippen LogP contribution in [0.4, 0.5) is 0 Å². The smallest absolute Gasteiger partial charge is 0.166 e. The molecule has 0 atom stereocenters. The summed E-state index contributed by atoms with van der Waals surface area (Å²) in [6, 6.07) is 12.3. The van der Waals surface area contributed by atoms with Crippen molar-refractivity contribution in [2.45, 2.75) is 13.5 Å². The highest BCUT2D eigenvalue weighted by Gasteiger charge is 2.05. The van der Waals surface area contributed by atoms with Crippen molar-refractivity contribution in [3.05, 3.63) is 53.6 Å². The van der Waals surface area contributed by atoms with Crippen LogP contribution in [0.25, 0.3) is 0 Å². The van der Waals surface area contributed by atoms with Crippen molar-refractivity contribution in [2.75, 3.05) is 6.61 Å². The summed E-state index contributed by atoms with van der Waals surface area (Å²) in [5, 5.41) is 23.7. The largest absolute Gasteiger partial charge is 0.508 e. The van der Waals surface area contributed by atoms with E-state index in [1.54, 1.807) is 30.3 Å². The van der Waals surface area contributed by atoms with Crippen LogP contribution in [0.5, 0.6) is 17.2 Å². The molecular weight excluding hydrogens is 268 g/mol. The molecular formula is C16H18N2O3. The molecule has 3 N–H and O–H groups in total. The molecule has 0 bridgehead atoms. The van der Waals surface area contributed by atoms with E-state index in [9.17, 15) is 10.2 Å². The molecule has 0 aliphatic heterocycles. The van der Waals surface area contributed by atoms with Crippen LogP contribution in [0.3, 0.4) is 0 Å². The molecule has 0 amide bonds. The lowest BCUT2D eigenvalue weighted by Gasteiger charge is -2.07. The fourth-order valence-corrected chi connectivity index (χ4v) is 1.82. The number of rotatable bonds is 6. The maximum atomic E-state index is 10.00. The Balaban J connectivity index is 1.99. The van der Waals surface area contributed by atoms with Crippen LogP contribution in [-0.2, 0) is 6.54 Å². The van der Waals surface area contributed by atoms with Crippen molar-refractivity contribution in [2.24, 2.45) is 5.10 Å². The van der Waals surface area contributed by atoms with Gasteiger partial charge in [-0.1, -0.05) is 24.3 Å². The number of benzene rings is 2. The van der Waals surface area contributed by atoms with Crippen molar-refractivity contribution < 1.29 is 14.9 Å². The third kappa shape index (κ3) is 3.89. The van der Waals surface area contributed by atoms with E-state index in [2.05, 4.69) is 10.5 Å². The minimum Gasteiger partial charge on any atom is -0.508 e. The first-order chi connectivity index (χ1) is 10.2. The molecule has 0 heterocycles. The summed E-state index contributed by atoms with van der Waals surface area (Å²) < 4.78 is 5.30. The molecule has 0 saturated carbocycles. The molecule has 0 spiro atoms. The Bertz CT molecular complexity index is 627. The highest BCUT2D eigenvalue weighted by Crippen LogP contribution is 2.28. The summed E-state index contributed by atoms with van der Waals surface area (Å²) in [6.45, 7) is 2.74. The quantitative estimate of drug-likeness (QED) is 0.564. The molecule has 0 unspecified atom stereocenters. The van der Waals surface area contributed by atoms with Gasteiger partial charge in [-0.3, -0.25) is 0 Å². The van der Waals surface area contributed by atoms with E-state index in [-0.39, 0.29) is 11.5 Å². The van der Waals surface area contributed by atoms with Crippen LogP contribution in [0.1, 0.15) is 18.1 Å². The van der Waals surface area contributed by atoms with Crippen LogP contribution in [-0.4, -0.2) is 23.0 Å². The number of nitrogens with zero attached hydrogens (tertiary/aromatic N) is 1. The number of aromatic hydroxyl groups is 2. The van der Waals surface area contributed by atoms with Gasteiger partial charge in [-0.25, -0.2) is 0 Å². The zero-order valence-electron chi connectivity index (χ0n) is 11.8.